The number of nitrogens with zero attached hydrogens (tertiary/aromatic N) is 2. The molecule has 6 nitrogen and oxygen atoms in total. The van der Waals surface area contributed by atoms with E-state index in [0.717, 1.165) is 15.5 Å². The monoisotopic (exact) mass is 306 g/mol. The molecule has 0 spiro atoms. The standard InChI is InChI=1S/C14H14N2O4S/c1-2-15-7-5-12(17)16(14(15)20)9-11-10(6-8-21-11)3-4-13(18)19/h3-8H,2,9H2,1H3,(H,18,19). The lowest BCUT2D eigenvalue weighted by molar-refractivity contribution is -0.131. The molecule has 110 valence electrons. The summed E-state index contributed by atoms with van der Waals surface area (Å²) in [7, 11) is 0. The molecule has 0 aliphatic carbocycles. The van der Waals surface area contributed by atoms with E-state index in [-0.39, 0.29) is 17.8 Å². The molecular weight excluding hydrogens is 292 g/mol. The van der Waals surface area contributed by atoms with Gasteiger partial charge in [0.1, 0.15) is 0 Å². The van der Waals surface area contributed by atoms with Crippen molar-refractivity contribution in [3.63, 3.8) is 0 Å². The Bertz CT molecular complexity index is 798. The molecule has 2 heterocycles. The van der Waals surface area contributed by atoms with E-state index in [9.17, 15) is 14.4 Å². The fraction of sp³-hybridized carbons (Fsp3) is 0.214. The van der Waals surface area contributed by atoms with Crippen LogP contribution in [0, 0.1) is 0 Å². The summed E-state index contributed by atoms with van der Waals surface area (Å²) in [6.45, 7) is 2.44. The highest BCUT2D eigenvalue weighted by Gasteiger charge is 2.08. The molecule has 0 bridgehead atoms. The fourth-order valence-electron chi connectivity index (χ4n) is 1.88. The molecule has 0 aliphatic heterocycles. The number of aromatic nitrogens is 2. The van der Waals surface area contributed by atoms with Crippen LogP contribution in [0.25, 0.3) is 6.08 Å². The smallest absolute Gasteiger partial charge is 0.331 e. The van der Waals surface area contributed by atoms with Crippen molar-refractivity contribution >= 4 is 23.4 Å². The van der Waals surface area contributed by atoms with E-state index < -0.39 is 5.97 Å². The van der Waals surface area contributed by atoms with Gasteiger partial charge in [-0.05, 0) is 30.0 Å². The van der Waals surface area contributed by atoms with Crippen LogP contribution in [0.3, 0.4) is 0 Å². The predicted octanol–water partition coefficient (Wildman–Crippen LogP) is 1.24. The summed E-state index contributed by atoms with van der Waals surface area (Å²) in [6.07, 6.45) is 3.96. The van der Waals surface area contributed by atoms with Gasteiger partial charge in [-0.1, -0.05) is 0 Å². The SMILES string of the molecule is CCn1ccc(=O)n(Cc2sccc2C=CC(=O)O)c1=O. The van der Waals surface area contributed by atoms with Crippen LogP contribution in [-0.2, 0) is 17.9 Å². The Morgan fingerprint density at radius 3 is 2.81 bits per heavy atom. The average Bonchev–Trinajstić information content (AvgIpc) is 2.88. The Balaban J connectivity index is 2.40. The summed E-state index contributed by atoms with van der Waals surface area (Å²) in [5.74, 6) is -1.04. The first-order valence-corrected chi connectivity index (χ1v) is 7.18. The van der Waals surface area contributed by atoms with Crippen LogP contribution in [0.15, 0.2) is 39.4 Å². The quantitative estimate of drug-likeness (QED) is 0.843. The number of hydrogen-bond donors (Lipinski definition) is 1. The lowest BCUT2D eigenvalue weighted by Gasteiger charge is -2.07. The predicted molar refractivity (Wildman–Crippen MR) is 80.7 cm³/mol. The van der Waals surface area contributed by atoms with Crippen molar-refractivity contribution in [2.24, 2.45) is 0 Å². The zero-order valence-electron chi connectivity index (χ0n) is 11.4. The van der Waals surface area contributed by atoms with Crippen LogP contribution >= 0.6 is 11.3 Å². The minimum atomic E-state index is -1.04. The lowest BCUT2D eigenvalue weighted by atomic mass is 10.2. The third-order valence-corrected chi connectivity index (χ3v) is 3.89. The average molecular weight is 306 g/mol. The van der Waals surface area contributed by atoms with Crippen molar-refractivity contribution in [1.82, 2.24) is 9.13 Å². The molecule has 2 aromatic rings. The molecule has 0 saturated carbocycles. The van der Waals surface area contributed by atoms with Gasteiger partial charge in [0.05, 0.1) is 6.54 Å². The van der Waals surface area contributed by atoms with Crippen molar-refractivity contribution < 1.29 is 9.90 Å². The van der Waals surface area contributed by atoms with E-state index >= 15 is 0 Å². The summed E-state index contributed by atoms with van der Waals surface area (Å²) < 4.78 is 2.59. The van der Waals surface area contributed by atoms with Gasteiger partial charge in [0.15, 0.2) is 0 Å². The van der Waals surface area contributed by atoms with Gasteiger partial charge in [-0.3, -0.25) is 9.36 Å². The molecular formula is C14H14N2O4S. The Labute approximate surface area is 124 Å². The molecule has 7 heteroatoms. The van der Waals surface area contributed by atoms with Crippen molar-refractivity contribution in [2.75, 3.05) is 0 Å². The number of thiophene rings is 1. The number of carboxylic acids is 1. The molecule has 0 radical (unpaired) electrons. The molecule has 0 aromatic carbocycles. The first-order valence-electron chi connectivity index (χ1n) is 6.30. The Morgan fingerprint density at radius 2 is 2.14 bits per heavy atom. The molecule has 0 atom stereocenters. The number of carboxylic acid groups (broad SMARTS) is 1. The van der Waals surface area contributed by atoms with Gasteiger partial charge in [-0.25, -0.2) is 9.59 Å². The zero-order chi connectivity index (χ0) is 15.4. The highest BCUT2D eigenvalue weighted by atomic mass is 32.1. The van der Waals surface area contributed by atoms with Crippen molar-refractivity contribution in [1.29, 1.82) is 0 Å². The van der Waals surface area contributed by atoms with Gasteiger partial charge in [-0.15, -0.1) is 11.3 Å². The second kappa shape index (κ2) is 6.36. The summed E-state index contributed by atoms with van der Waals surface area (Å²) in [4.78, 5) is 35.3. The number of carbonyl (C=O) groups is 1. The first-order chi connectivity index (χ1) is 10.0. The second-order valence-electron chi connectivity index (χ2n) is 4.28. The summed E-state index contributed by atoms with van der Waals surface area (Å²) in [5, 5.41) is 10.5. The largest absolute Gasteiger partial charge is 0.478 e. The first kappa shape index (κ1) is 15.0. The fourth-order valence-corrected chi connectivity index (χ4v) is 2.73. The van der Waals surface area contributed by atoms with Gasteiger partial charge in [0.25, 0.3) is 5.56 Å². The minimum Gasteiger partial charge on any atom is -0.478 e. The van der Waals surface area contributed by atoms with Crippen molar-refractivity contribution in [2.45, 2.75) is 20.0 Å². The van der Waals surface area contributed by atoms with Crippen LogP contribution in [0.2, 0.25) is 0 Å². The Kier molecular flexibility index (Phi) is 4.54. The topological polar surface area (TPSA) is 81.3 Å². The van der Waals surface area contributed by atoms with Crippen molar-refractivity contribution in [3.05, 3.63) is 61.1 Å². The molecule has 2 rings (SSSR count). The van der Waals surface area contributed by atoms with Gasteiger partial charge >= 0.3 is 11.7 Å². The molecule has 0 saturated heterocycles. The molecule has 1 N–H and O–H groups in total. The minimum absolute atomic E-state index is 0.134. The maximum Gasteiger partial charge on any atom is 0.331 e. The van der Waals surface area contributed by atoms with E-state index in [1.807, 2.05) is 6.92 Å². The van der Waals surface area contributed by atoms with E-state index in [1.165, 1.54) is 34.2 Å². The van der Waals surface area contributed by atoms with Gasteiger partial charge < -0.3 is 9.67 Å². The molecule has 0 unspecified atom stereocenters. The Morgan fingerprint density at radius 1 is 1.38 bits per heavy atom. The van der Waals surface area contributed by atoms with Gasteiger partial charge in [0, 0.05) is 29.8 Å². The van der Waals surface area contributed by atoms with E-state index in [1.54, 1.807) is 11.4 Å². The highest BCUT2D eigenvalue weighted by molar-refractivity contribution is 7.10. The lowest BCUT2D eigenvalue weighted by Crippen LogP contribution is -2.38. The van der Waals surface area contributed by atoms with Crippen LogP contribution in [0.1, 0.15) is 17.4 Å². The summed E-state index contributed by atoms with van der Waals surface area (Å²) in [5.41, 5.74) is -0.0431. The summed E-state index contributed by atoms with van der Waals surface area (Å²) in [6, 6.07) is 3.11. The number of rotatable bonds is 5. The van der Waals surface area contributed by atoms with E-state index in [4.69, 9.17) is 5.11 Å². The van der Waals surface area contributed by atoms with Gasteiger partial charge in [-0.2, -0.15) is 0 Å². The van der Waals surface area contributed by atoms with Gasteiger partial charge in [0.2, 0.25) is 0 Å². The summed E-state index contributed by atoms with van der Waals surface area (Å²) >= 11 is 1.37. The molecule has 0 aliphatic rings. The zero-order valence-corrected chi connectivity index (χ0v) is 12.2. The third-order valence-electron chi connectivity index (χ3n) is 2.97. The van der Waals surface area contributed by atoms with Crippen LogP contribution in [0.5, 0.6) is 0 Å². The normalized spacial score (nSPS) is 11.1. The molecule has 21 heavy (non-hydrogen) atoms. The number of aryl methyl sites for hydroxylation is 1. The number of hydrogen-bond acceptors (Lipinski definition) is 4. The van der Waals surface area contributed by atoms with Crippen LogP contribution in [0.4, 0.5) is 0 Å². The third kappa shape index (κ3) is 3.38. The van der Waals surface area contributed by atoms with Crippen LogP contribution in [-0.4, -0.2) is 20.2 Å². The molecule has 2 aromatic heterocycles. The molecule has 0 fully saturated rings. The van der Waals surface area contributed by atoms with Crippen LogP contribution < -0.4 is 11.2 Å². The number of aliphatic carboxylic acids is 1. The second-order valence-corrected chi connectivity index (χ2v) is 5.28. The molecule has 0 amide bonds. The van der Waals surface area contributed by atoms with E-state index in [0.29, 0.717) is 12.1 Å². The van der Waals surface area contributed by atoms with Crippen molar-refractivity contribution in [3.8, 4) is 0 Å². The maximum atomic E-state index is 12.1. The maximum absolute atomic E-state index is 12.1. The Hall–Kier alpha value is -2.41. The van der Waals surface area contributed by atoms with E-state index in [2.05, 4.69) is 0 Å². The highest BCUT2D eigenvalue weighted by Crippen LogP contribution is 2.18.